The number of carbonyl (C=O) groups is 1. The Morgan fingerprint density at radius 3 is 1.98 bits per heavy atom. The summed E-state index contributed by atoms with van der Waals surface area (Å²) in [6, 6.07) is 35.8. The second kappa shape index (κ2) is 10.6. The fraction of sp³-hybridized carbons (Fsp3) is 0.242. The first-order chi connectivity index (χ1) is 20.1. The van der Waals surface area contributed by atoms with Gasteiger partial charge in [-0.05, 0) is 48.9 Å². The van der Waals surface area contributed by atoms with Crippen LogP contribution in [0.3, 0.4) is 0 Å². The first-order valence-corrected chi connectivity index (χ1v) is 13.7. The SMILES string of the molecule is CCOC(=O)[C@@H]1CN(c2ccc(OC)cc2)[C@@]2(c3ccccc3)N=[N+](c3ccc(OC)cc3)N[C@@]12c1ccccc1. The summed E-state index contributed by atoms with van der Waals surface area (Å²) in [7, 11) is 3.29. The van der Waals surface area contributed by atoms with E-state index in [1.54, 1.807) is 19.0 Å². The Morgan fingerprint density at radius 2 is 1.41 bits per heavy atom. The average Bonchev–Trinajstić information content (AvgIpc) is 3.54. The van der Waals surface area contributed by atoms with E-state index < -0.39 is 17.1 Å². The zero-order chi connectivity index (χ0) is 28.5. The molecule has 0 spiro atoms. The van der Waals surface area contributed by atoms with Gasteiger partial charge in [-0.25, -0.2) is 0 Å². The van der Waals surface area contributed by atoms with Crippen molar-refractivity contribution in [1.82, 2.24) is 5.43 Å². The zero-order valence-corrected chi connectivity index (χ0v) is 23.4. The molecule has 0 saturated carbocycles. The highest BCUT2D eigenvalue weighted by Crippen LogP contribution is 2.60. The summed E-state index contributed by atoms with van der Waals surface area (Å²) in [4.78, 5) is 18.0. The van der Waals surface area contributed by atoms with Crippen molar-refractivity contribution in [3.05, 3.63) is 120 Å². The lowest BCUT2D eigenvalue weighted by atomic mass is 9.70. The molecule has 1 saturated heterocycles. The minimum atomic E-state index is -1.07. The van der Waals surface area contributed by atoms with Gasteiger partial charge < -0.3 is 19.1 Å². The van der Waals surface area contributed by atoms with Gasteiger partial charge in [-0.15, -0.1) is 0 Å². The van der Waals surface area contributed by atoms with E-state index in [1.165, 1.54) is 0 Å². The summed E-state index contributed by atoms with van der Waals surface area (Å²) >= 11 is 0. The Bertz CT molecular complexity index is 1540. The number of carbonyl (C=O) groups excluding carboxylic acids is 1. The van der Waals surface area contributed by atoms with Gasteiger partial charge >= 0.3 is 5.97 Å². The Labute approximate surface area is 239 Å². The van der Waals surface area contributed by atoms with Crippen LogP contribution in [-0.4, -0.2) is 38.1 Å². The van der Waals surface area contributed by atoms with E-state index >= 15 is 0 Å². The van der Waals surface area contributed by atoms with Crippen molar-refractivity contribution in [3.8, 4) is 11.5 Å². The molecule has 41 heavy (non-hydrogen) atoms. The molecule has 8 heteroatoms. The molecular formula is C33H33N4O4+. The van der Waals surface area contributed by atoms with Crippen LogP contribution in [0.4, 0.5) is 11.4 Å². The molecule has 2 aliphatic heterocycles. The average molecular weight is 550 g/mol. The normalized spacial score (nSPS) is 22.9. The summed E-state index contributed by atoms with van der Waals surface area (Å²) in [6.07, 6.45) is 0. The summed E-state index contributed by atoms with van der Waals surface area (Å²) < 4.78 is 16.6. The Hall–Kier alpha value is -4.85. The maximum absolute atomic E-state index is 14.0. The maximum Gasteiger partial charge on any atom is 0.313 e. The summed E-state index contributed by atoms with van der Waals surface area (Å²) in [5.74, 6) is 0.596. The Balaban J connectivity index is 1.67. The number of esters is 1. The minimum Gasteiger partial charge on any atom is -0.497 e. The molecule has 2 heterocycles. The smallest absolute Gasteiger partial charge is 0.313 e. The van der Waals surface area contributed by atoms with Crippen LogP contribution in [0.2, 0.25) is 0 Å². The van der Waals surface area contributed by atoms with Gasteiger partial charge in [0.05, 0.1) is 20.8 Å². The molecule has 2 aliphatic rings. The molecule has 0 bridgehead atoms. The van der Waals surface area contributed by atoms with Crippen molar-refractivity contribution in [2.24, 2.45) is 11.0 Å². The molecule has 0 radical (unpaired) electrons. The first-order valence-electron chi connectivity index (χ1n) is 13.7. The second-order valence-corrected chi connectivity index (χ2v) is 10.0. The fourth-order valence-electron chi connectivity index (χ4n) is 6.21. The van der Waals surface area contributed by atoms with Crippen molar-refractivity contribution in [2.45, 2.75) is 18.1 Å². The second-order valence-electron chi connectivity index (χ2n) is 10.0. The number of rotatable bonds is 8. The maximum atomic E-state index is 14.0. The summed E-state index contributed by atoms with van der Waals surface area (Å²) in [5, 5.41) is 5.49. The van der Waals surface area contributed by atoms with Crippen molar-refractivity contribution < 1.29 is 23.8 Å². The van der Waals surface area contributed by atoms with Gasteiger partial charge in [-0.2, -0.15) is 5.43 Å². The van der Waals surface area contributed by atoms with Crippen molar-refractivity contribution >= 4 is 17.3 Å². The predicted molar refractivity (Wildman–Crippen MR) is 155 cm³/mol. The van der Waals surface area contributed by atoms with Crippen LogP contribution in [0, 0.1) is 5.92 Å². The molecule has 208 valence electrons. The van der Waals surface area contributed by atoms with Crippen LogP contribution >= 0.6 is 0 Å². The molecule has 4 aromatic rings. The van der Waals surface area contributed by atoms with Crippen LogP contribution in [0.25, 0.3) is 0 Å². The van der Waals surface area contributed by atoms with Crippen LogP contribution in [0.5, 0.6) is 11.5 Å². The van der Waals surface area contributed by atoms with Crippen molar-refractivity contribution in [1.29, 1.82) is 0 Å². The lowest BCUT2D eigenvalue weighted by molar-refractivity contribution is -0.570. The molecule has 8 nitrogen and oxygen atoms in total. The van der Waals surface area contributed by atoms with E-state index in [9.17, 15) is 4.79 Å². The van der Waals surface area contributed by atoms with Crippen molar-refractivity contribution in [3.63, 3.8) is 0 Å². The first kappa shape index (κ1) is 26.4. The molecule has 6 rings (SSSR count). The number of hydrogen-bond donors (Lipinski definition) is 1. The summed E-state index contributed by atoms with van der Waals surface area (Å²) in [5.41, 5.74) is 5.24. The van der Waals surface area contributed by atoms with E-state index in [-0.39, 0.29) is 12.6 Å². The fourth-order valence-corrected chi connectivity index (χ4v) is 6.21. The zero-order valence-electron chi connectivity index (χ0n) is 23.4. The molecule has 0 amide bonds. The molecule has 0 unspecified atom stereocenters. The third-order valence-electron chi connectivity index (χ3n) is 8.03. The molecule has 0 aromatic heterocycles. The predicted octanol–water partition coefficient (Wildman–Crippen LogP) is 5.77. The van der Waals surface area contributed by atoms with Gasteiger partial charge in [0.15, 0.2) is 5.54 Å². The molecule has 1 N–H and O–H groups in total. The van der Waals surface area contributed by atoms with Crippen LogP contribution in [0.15, 0.2) is 114 Å². The van der Waals surface area contributed by atoms with E-state index in [4.69, 9.17) is 19.3 Å². The van der Waals surface area contributed by atoms with E-state index in [2.05, 4.69) is 34.6 Å². The Kier molecular flexibility index (Phi) is 6.83. The Morgan fingerprint density at radius 1 is 0.854 bits per heavy atom. The van der Waals surface area contributed by atoms with Crippen LogP contribution < -0.4 is 19.8 Å². The van der Waals surface area contributed by atoms with Gasteiger partial charge in [0.1, 0.15) is 17.4 Å². The number of nitrogens with zero attached hydrogens (tertiary/aromatic N) is 3. The molecular weight excluding hydrogens is 516 g/mol. The quantitative estimate of drug-likeness (QED) is 0.222. The number of ether oxygens (including phenoxy) is 3. The number of anilines is 1. The molecule has 3 atom stereocenters. The van der Waals surface area contributed by atoms with Gasteiger partial charge in [0.25, 0.3) is 11.4 Å². The van der Waals surface area contributed by atoms with E-state index in [0.29, 0.717) is 6.54 Å². The number of nitrogens with one attached hydrogen (secondary N) is 1. The number of hydrogen-bond acceptors (Lipinski definition) is 7. The standard InChI is InChI=1S/C33H33N4O4/c1-4-41-31(38)30-23-36(26-15-19-28(39-2)20-16-26)33(25-13-9-6-10-14-25)32(30,24-11-7-5-8-12-24)34-37(35-33)27-17-21-29(40-3)22-18-27/h5-22,30H,4,23H2,1-3H3,(H,34,35)/q+1/t30-,32-,33+/m0/s1. The number of methoxy groups -OCH3 is 2. The lowest BCUT2D eigenvalue weighted by Gasteiger charge is -2.40. The third kappa shape index (κ3) is 4.09. The lowest BCUT2D eigenvalue weighted by Crippen LogP contribution is -2.59. The highest BCUT2D eigenvalue weighted by atomic mass is 16.5. The van der Waals surface area contributed by atoms with E-state index in [0.717, 1.165) is 34.0 Å². The van der Waals surface area contributed by atoms with E-state index in [1.807, 2.05) is 91.9 Å². The number of azo groups is 1. The van der Waals surface area contributed by atoms with Crippen LogP contribution in [-0.2, 0) is 20.7 Å². The van der Waals surface area contributed by atoms with Gasteiger partial charge in [-0.3, -0.25) is 4.79 Å². The molecule has 4 aromatic carbocycles. The monoisotopic (exact) mass is 549 g/mol. The highest BCUT2D eigenvalue weighted by molar-refractivity contribution is 5.79. The van der Waals surface area contributed by atoms with Gasteiger partial charge in [-0.1, -0.05) is 60.7 Å². The number of benzene rings is 4. The van der Waals surface area contributed by atoms with Crippen LogP contribution in [0.1, 0.15) is 18.1 Å². The summed E-state index contributed by atoms with van der Waals surface area (Å²) in [6.45, 7) is 2.49. The largest absolute Gasteiger partial charge is 0.497 e. The number of hydrazine groups is 1. The highest BCUT2D eigenvalue weighted by Gasteiger charge is 2.77. The third-order valence-corrected chi connectivity index (χ3v) is 8.03. The van der Waals surface area contributed by atoms with Crippen molar-refractivity contribution in [2.75, 3.05) is 32.3 Å². The van der Waals surface area contributed by atoms with Gasteiger partial charge in [0.2, 0.25) is 0 Å². The molecule has 0 aliphatic carbocycles. The molecule has 1 fully saturated rings. The van der Waals surface area contributed by atoms with Gasteiger partial charge in [0, 0.05) is 39.8 Å². The topological polar surface area (TPSA) is 75.4 Å². The number of fused-ring (bicyclic) bond motifs is 1. The minimum absolute atomic E-state index is 0.278.